The quantitative estimate of drug-likeness (QED) is 0.775. The van der Waals surface area contributed by atoms with E-state index < -0.39 is 0 Å². The van der Waals surface area contributed by atoms with E-state index in [1.807, 2.05) is 26.0 Å². The third-order valence-corrected chi connectivity index (χ3v) is 3.39. The van der Waals surface area contributed by atoms with Gasteiger partial charge in [-0.2, -0.15) is 0 Å². The zero-order chi connectivity index (χ0) is 16.7. The summed E-state index contributed by atoms with van der Waals surface area (Å²) in [7, 11) is 0. The van der Waals surface area contributed by atoms with Gasteiger partial charge in [-0.3, -0.25) is 9.59 Å². The minimum atomic E-state index is -0.184. The first-order valence-electron chi connectivity index (χ1n) is 7.45. The Kier molecular flexibility index (Phi) is 5.79. The van der Waals surface area contributed by atoms with Crippen molar-refractivity contribution in [3.05, 3.63) is 41.7 Å². The number of nitrogens with one attached hydrogen (secondary N) is 2. The molecular weight excluding hydrogens is 296 g/mol. The number of amides is 2. The molecular formula is C15H20N6O2. The van der Waals surface area contributed by atoms with Crippen LogP contribution in [0.25, 0.3) is 0 Å². The minimum absolute atomic E-state index is 0.0718. The molecule has 0 fully saturated rings. The molecule has 8 heteroatoms. The summed E-state index contributed by atoms with van der Waals surface area (Å²) in [4.78, 5) is 23.7. The second-order valence-electron chi connectivity index (χ2n) is 5.26. The monoisotopic (exact) mass is 316 g/mol. The van der Waals surface area contributed by atoms with Crippen LogP contribution in [0.1, 0.15) is 36.2 Å². The molecule has 0 aliphatic rings. The van der Waals surface area contributed by atoms with Gasteiger partial charge in [-0.1, -0.05) is 19.1 Å². The molecule has 2 amide bonds. The van der Waals surface area contributed by atoms with Crippen LogP contribution in [0.3, 0.4) is 0 Å². The fourth-order valence-electron chi connectivity index (χ4n) is 1.84. The van der Waals surface area contributed by atoms with Crippen LogP contribution >= 0.6 is 0 Å². The standard InChI is InChI=1S/C15H20N6O2/c1-3-11(2)18-15(23)13-6-4-12(5-7-13)8-16-14(22)9-21-10-17-19-20-21/h4-7,10-11H,3,8-9H2,1-2H3,(H,16,22)(H,18,23)/t11-/m1/s1. The van der Waals surface area contributed by atoms with E-state index in [-0.39, 0.29) is 24.4 Å². The molecule has 0 unspecified atom stereocenters. The lowest BCUT2D eigenvalue weighted by molar-refractivity contribution is -0.122. The maximum absolute atomic E-state index is 12.0. The van der Waals surface area contributed by atoms with Crippen LogP contribution < -0.4 is 10.6 Å². The van der Waals surface area contributed by atoms with Crippen molar-refractivity contribution in [3.63, 3.8) is 0 Å². The lowest BCUT2D eigenvalue weighted by Gasteiger charge is -2.11. The molecule has 1 aromatic carbocycles. The van der Waals surface area contributed by atoms with Crippen molar-refractivity contribution in [2.45, 2.75) is 39.4 Å². The lowest BCUT2D eigenvalue weighted by atomic mass is 10.1. The Labute approximate surface area is 134 Å². The molecule has 2 aromatic rings. The zero-order valence-corrected chi connectivity index (χ0v) is 13.2. The van der Waals surface area contributed by atoms with Crippen LogP contribution in [-0.2, 0) is 17.9 Å². The Morgan fingerprint density at radius 3 is 2.61 bits per heavy atom. The van der Waals surface area contributed by atoms with Crippen molar-refractivity contribution >= 4 is 11.8 Å². The third kappa shape index (κ3) is 5.17. The Morgan fingerprint density at radius 1 is 1.26 bits per heavy atom. The van der Waals surface area contributed by atoms with Crippen molar-refractivity contribution in [2.75, 3.05) is 0 Å². The summed E-state index contributed by atoms with van der Waals surface area (Å²) in [6.45, 7) is 4.44. The zero-order valence-electron chi connectivity index (χ0n) is 13.2. The maximum Gasteiger partial charge on any atom is 0.251 e. The van der Waals surface area contributed by atoms with Crippen molar-refractivity contribution in [3.8, 4) is 0 Å². The van der Waals surface area contributed by atoms with Gasteiger partial charge in [0.2, 0.25) is 5.91 Å². The number of carbonyl (C=O) groups excluding carboxylic acids is 2. The molecule has 0 spiro atoms. The third-order valence-electron chi connectivity index (χ3n) is 3.39. The molecule has 1 aromatic heterocycles. The van der Waals surface area contributed by atoms with E-state index in [1.54, 1.807) is 12.1 Å². The van der Waals surface area contributed by atoms with Gasteiger partial charge in [0.1, 0.15) is 12.9 Å². The number of hydrogen-bond acceptors (Lipinski definition) is 5. The summed E-state index contributed by atoms with van der Waals surface area (Å²) in [6.07, 6.45) is 2.27. The number of rotatable bonds is 7. The summed E-state index contributed by atoms with van der Waals surface area (Å²) in [5.74, 6) is -0.274. The van der Waals surface area contributed by atoms with Gasteiger partial charge >= 0.3 is 0 Å². The molecule has 0 saturated heterocycles. The van der Waals surface area contributed by atoms with Crippen molar-refractivity contribution < 1.29 is 9.59 Å². The molecule has 8 nitrogen and oxygen atoms in total. The molecule has 2 rings (SSSR count). The van der Waals surface area contributed by atoms with E-state index in [2.05, 4.69) is 26.2 Å². The molecule has 0 bridgehead atoms. The molecule has 23 heavy (non-hydrogen) atoms. The predicted molar refractivity (Wildman–Crippen MR) is 83.3 cm³/mol. The van der Waals surface area contributed by atoms with Gasteiger partial charge in [0.15, 0.2) is 0 Å². The summed E-state index contributed by atoms with van der Waals surface area (Å²) < 4.78 is 1.34. The van der Waals surface area contributed by atoms with Crippen LogP contribution in [-0.4, -0.2) is 38.1 Å². The molecule has 122 valence electrons. The average molecular weight is 316 g/mol. The summed E-state index contributed by atoms with van der Waals surface area (Å²) in [5, 5.41) is 16.2. The van der Waals surface area contributed by atoms with E-state index in [1.165, 1.54) is 11.0 Å². The normalized spacial score (nSPS) is 11.7. The Morgan fingerprint density at radius 2 is 2.00 bits per heavy atom. The van der Waals surface area contributed by atoms with Crippen LogP contribution in [0.2, 0.25) is 0 Å². The number of nitrogens with zero attached hydrogens (tertiary/aromatic N) is 4. The largest absolute Gasteiger partial charge is 0.350 e. The van der Waals surface area contributed by atoms with Crippen molar-refractivity contribution in [1.29, 1.82) is 0 Å². The van der Waals surface area contributed by atoms with E-state index in [0.29, 0.717) is 12.1 Å². The van der Waals surface area contributed by atoms with E-state index in [4.69, 9.17) is 0 Å². The van der Waals surface area contributed by atoms with Gasteiger partial charge < -0.3 is 10.6 Å². The second-order valence-corrected chi connectivity index (χ2v) is 5.26. The number of aromatic nitrogens is 4. The molecule has 1 atom stereocenters. The van der Waals surface area contributed by atoms with Gasteiger partial charge in [0.25, 0.3) is 5.91 Å². The summed E-state index contributed by atoms with van der Waals surface area (Å²) >= 11 is 0. The summed E-state index contributed by atoms with van der Waals surface area (Å²) in [5.41, 5.74) is 1.52. The second kappa shape index (κ2) is 8.02. The van der Waals surface area contributed by atoms with E-state index >= 15 is 0 Å². The van der Waals surface area contributed by atoms with Gasteiger partial charge in [-0.15, -0.1) is 5.10 Å². The van der Waals surface area contributed by atoms with Gasteiger partial charge in [-0.25, -0.2) is 4.68 Å². The molecule has 0 aliphatic carbocycles. The molecule has 1 heterocycles. The molecule has 0 radical (unpaired) electrons. The highest BCUT2D eigenvalue weighted by atomic mass is 16.2. The van der Waals surface area contributed by atoms with Gasteiger partial charge in [-0.05, 0) is 41.5 Å². The van der Waals surface area contributed by atoms with Crippen LogP contribution in [0, 0.1) is 0 Å². The first-order valence-corrected chi connectivity index (χ1v) is 7.45. The Bertz CT molecular complexity index is 638. The number of hydrogen-bond donors (Lipinski definition) is 2. The maximum atomic E-state index is 12.0. The average Bonchev–Trinajstić information content (AvgIpc) is 3.06. The highest BCUT2D eigenvalue weighted by Gasteiger charge is 2.08. The number of tetrazole rings is 1. The smallest absolute Gasteiger partial charge is 0.251 e. The minimum Gasteiger partial charge on any atom is -0.350 e. The predicted octanol–water partition coefficient (Wildman–Crippen LogP) is 0.518. The summed E-state index contributed by atoms with van der Waals surface area (Å²) in [6, 6.07) is 7.29. The van der Waals surface area contributed by atoms with Gasteiger partial charge in [0, 0.05) is 18.2 Å². The van der Waals surface area contributed by atoms with Crippen LogP contribution in [0.15, 0.2) is 30.6 Å². The first-order chi connectivity index (χ1) is 11.1. The lowest BCUT2D eigenvalue weighted by Crippen LogP contribution is -2.31. The topological polar surface area (TPSA) is 102 Å². The molecule has 2 N–H and O–H groups in total. The number of carbonyl (C=O) groups is 2. The van der Waals surface area contributed by atoms with Crippen LogP contribution in [0.4, 0.5) is 0 Å². The number of benzene rings is 1. The Balaban J connectivity index is 1.82. The van der Waals surface area contributed by atoms with Crippen LogP contribution in [0.5, 0.6) is 0 Å². The fourth-order valence-corrected chi connectivity index (χ4v) is 1.84. The molecule has 0 saturated carbocycles. The van der Waals surface area contributed by atoms with E-state index in [9.17, 15) is 9.59 Å². The SMILES string of the molecule is CC[C@@H](C)NC(=O)c1ccc(CNC(=O)Cn2cnnn2)cc1. The Hall–Kier alpha value is -2.77. The van der Waals surface area contributed by atoms with E-state index in [0.717, 1.165) is 12.0 Å². The van der Waals surface area contributed by atoms with Crippen molar-refractivity contribution in [1.82, 2.24) is 30.8 Å². The first kappa shape index (κ1) is 16.6. The highest BCUT2D eigenvalue weighted by molar-refractivity contribution is 5.94. The molecule has 0 aliphatic heterocycles. The van der Waals surface area contributed by atoms with Gasteiger partial charge in [0.05, 0.1) is 0 Å². The highest BCUT2D eigenvalue weighted by Crippen LogP contribution is 2.05. The fraction of sp³-hybridized carbons (Fsp3) is 0.400. The van der Waals surface area contributed by atoms with Crippen molar-refractivity contribution in [2.24, 2.45) is 0 Å².